The van der Waals surface area contributed by atoms with Gasteiger partial charge in [0.1, 0.15) is 18.3 Å². The third-order valence-corrected chi connectivity index (χ3v) is 6.27. The summed E-state index contributed by atoms with van der Waals surface area (Å²) in [6.45, 7) is 0.407. The molecule has 2 aromatic rings. The van der Waals surface area contributed by atoms with E-state index in [4.69, 9.17) is 13.8 Å². The van der Waals surface area contributed by atoms with E-state index in [0.717, 1.165) is 0 Å². The van der Waals surface area contributed by atoms with Gasteiger partial charge in [-0.1, -0.05) is 0 Å². The quantitative estimate of drug-likeness (QED) is 0.381. The van der Waals surface area contributed by atoms with E-state index >= 15 is 0 Å². The number of amides is 1. The fourth-order valence-electron chi connectivity index (χ4n) is 3.61. The van der Waals surface area contributed by atoms with Crippen molar-refractivity contribution < 1.29 is 28.6 Å². The number of hydrogen-bond acceptors (Lipinski definition) is 9. The fraction of sp³-hybridized carbons (Fsp3) is 0.571. The van der Waals surface area contributed by atoms with Gasteiger partial charge in [0.05, 0.1) is 6.61 Å². The lowest BCUT2D eigenvalue weighted by Crippen LogP contribution is -2.38. The standard InChI is InChI=1S/C14H15BrN5O7P/c15-13-17-7-10(18-14-16-6(21)2-1-3-19(14)11(7)23)20(13)12-8(22)9-5(26-12)4-25-28(24)27-9/h5,8-9,12,22,24H,1-4H2,(H,16,18,21)/t5?,8?,9-,12-,28?/m1/s1. The number of hydrogen-bond donors (Lipinski definition) is 3. The summed E-state index contributed by atoms with van der Waals surface area (Å²) in [5.74, 6) is -0.107. The van der Waals surface area contributed by atoms with Gasteiger partial charge in [0.25, 0.3) is 5.56 Å². The number of carbonyl (C=O) groups is 1. The van der Waals surface area contributed by atoms with Crippen molar-refractivity contribution in [3.8, 4) is 0 Å². The van der Waals surface area contributed by atoms with Gasteiger partial charge in [-0.2, -0.15) is 4.98 Å². The molecule has 0 aromatic carbocycles. The van der Waals surface area contributed by atoms with E-state index in [1.54, 1.807) is 0 Å². The minimum absolute atomic E-state index is 0.0617. The lowest BCUT2D eigenvalue weighted by atomic mass is 10.1. The van der Waals surface area contributed by atoms with Crippen LogP contribution in [0.5, 0.6) is 0 Å². The van der Waals surface area contributed by atoms with E-state index in [1.165, 1.54) is 9.13 Å². The molecule has 14 heteroatoms. The highest BCUT2D eigenvalue weighted by atomic mass is 79.9. The highest BCUT2D eigenvalue weighted by Gasteiger charge is 2.50. The van der Waals surface area contributed by atoms with Crippen LogP contribution in [0.4, 0.5) is 5.95 Å². The molecular weight excluding hydrogens is 461 g/mol. The van der Waals surface area contributed by atoms with Gasteiger partial charge in [-0.3, -0.25) is 24.0 Å². The van der Waals surface area contributed by atoms with Crippen LogP contribution < -0.4 is 10.9 Å². The number of aliphatic hydroxyl groups excluding tert-OH is 1. The topological polar surface area (TPSA) is 150 Å². The van der Waals surface area contributed by atoms with Gasteiger partial charge in [0.2, 0.25) is 11.9 Å². The van der Waals surface area contributed by atoms with Crippen molar-refractivity contribution in [1.29, 1.82) is 0 Å². The zero-order valence-corrected chi connectivity index (χ0v) is 16.7. The van der Waals surface area contributed by atoms with Gasteiger partial charge in [0, 0.05) is 13.0 Å². The first kappa shape index (κ1) is 18.6. The number of nitrogens with zero attached hydrogens (tertiary/aromatic N) is 4. The predicted octanol–water partition coefficient (Wildman–Crippen LogP) is -0.0193. The normalized spacial score (nSPS) is 32.7. The lowest BCUT2D eigenvalue weighted by molar-refractivity contribution is -0.116. The van der Waals surface area contributed by atoms with E-state index < -0.39 is 38.7 Å². The summed E-state index contributed by atoms with van der Waals surface area (Å²) in [5, 5.41) is 13.3. The number of anilines is 1. The van der Waals surface area contributed by atoms with Crippen LogP contribution >= 0.6 is 24.5 Å². The van der Waals surface area contributed by atoms with Gasteiger partial charge in [-0.05, 0) is 22.4 Å². The first-order chi connectivity index (χ1) is 13.4. The Morgan fingerprint density at radius 1 is 1.32 bits per heavy atom. The first-order valence-electron chi connectivity index (χ1n) is 8.54. The molecule has 0 bridgehead atoms. The predicted molar refractivity (Wildman–Crippen MR) is 97.2 cm³/mol. The van der Waals surface area contributed by atoms with Crippen LogP contribution in [0, 0.1) is 0 Å². The number of imidazole rings is 1. The SMILES string of the molecule is O=C1CCCn2c(nc3c(nc(Br)n3[C@@H]3OC4COP(O)O[C@H]4C3O)c2=O)N1. The number of nitrogens with one attached hydrogen (secondary N) is 1. The number of halogens is 1. The van der Waals surface area contributed by atoms with E-state index in [-0.39, 0.29) is 34.4 Å². The molecule has 1 amide bonds. The largest absolute Gasteiger partial charge is 0.386 e. The van der Waals surface area contributed by atoms with Gasteiger partial charge in [-0.25, -0.2) is 4.98 Å². The Balaban J connectivity index is 1.62. The van der Waals surface area contributed by atoms with Gasteiger partial charge < -0.3 is 23.8 Å². The Labute approximate surface area is 166 Å². The van der Waals surface area contributed by atoms with Gasteiger partial charge >= 0.3 is 8.60 Å². The number of fused-ring (bicyclic) bond motifs is 3. The Hall–Kier alpha value is -1.47. The fourth-order valence-corrected chi connectivity index (χ4v) is 4.97. The molecule has 28 heavy (non-hydrogen) atoms. The molecule has 0 saturated carbocycles. The molecule has 12 nitrogen and oxygen atoms in total. The summed E-state index contributed by atoms with van der Waals surface area (Å²) in [6.07, 6.45) is -2.71. The second-order valence-electron chi connectivity index (χ2n) is 6.63. The van der Waals surface area contributed by atoms with Crippen molar-refractivity contribution >= 4 is 47.6 Å². The second-order valence-corrected chi connectivity index (χ2v) is 8.28. The number of ether oxygens (including phenoxy) is 1. The molecule has 150 valence electrons. The molecule has 5 heterocycles. The van der Waals surface area contributed by atoms with Gasteiger partial charge in [0.15, 0.2) is 22.1 Å². The molecule has 3 N–H and O–H groups in total. The average molecular weight is 476 g/mol. The smallest absolute Gasteiger partial charge is 0.330 e. The lowest BCUT2D eigenvalue weighted by Gasteiger charge is -2.27. The average Bonchev–Trinajstić information content (AvgIpc) is 3.06. The molecule has 3 aliphatic heterocycles. The molecular formula is C14H15BrN5O7P. The number of rotatable bonds is 1. The molecule has 0 radical (unpaired) electrons. The molecule has 2 aromatic heterocycles. The zero-order chi connectivity index (χ0) is 19.6. The molecule has 2 fully saturated rings. The molecule has 3 aliphatic rings. The third kappa shape index (κ3) is 2.81. The molecule has 2 saturated heterocycles. The number of aromatic nitrogens is 4. The van der Waals surface area contributed by atoms with E-state index in [0.29, 0.717) is 19.4 Å². The van der Waals surface area contributed by atoms with Crippen molar-refractivity contribution in [3.63, 3.8) is 0 Å². The molecule has 0 aliphatic carbocycles. The van der Waals surface area contributed by atoms with E-state index in [1.807, 2.05) is 0 Å². The molecule has 0 spiro atoms. The van der Waals surface area contributed by atoms with Crippen molar-refractivity contribution in [2.24, 2.45) is 0 Å². The van der Waals surface area contributed by atoms with Crippen LogP contribution in [0.1, 0.15) is 19.1 Å². The van der Waals surface area contributed by atoms with Crippen molar-refractivity contribution in [2.75, 3.05) is 11.9 Å². The van der Waals surface area contributed by atoms with Crippen molar-refractivity contribution in [2.45, 2.75) is 43.9 Å². The minimum atomic E-state index is -2.08. The highest BCUT2D eigenvalue weighted by molar-refractivity contribution is 9.10. The molecule has 3 unspecified atom stereocenters. The van der Waals surface area contributed by atoms with Crippen molar-refractivity contribution in [3.05, 3.63) is 15.1 Å². The number of aliphatic hydroxyl groups is 1. The molecule has 5 atom stereocenters. The summed E-state index contributed by atoms with van der Waals surface area (Å²) in [7, 11) is -2.08. The summed E-state index contributed by atoms with van der Waals surface area (Å²) >= 11 is 3.30. The second kappa shape index (κ2) is 6.80. The van der Waals surface area contributed by atoms with Crippen LogP contribution in [0.3, 0.4) is 0 Å². The summed E-state index contributed by atoms with van der Waals surface area (Å²) in [4.78, 5) is 43.0. The van der Waals surface area contributed by atoms with E-state index in [2.05, 4.69) is 31.2 Å². The summed E-state index contributed by atoms with van der Waals surface area (Å²) in [6, 6.07) is 0. The maximum atomic E-state index is 12.9. The van der Waals surface area contributed by atoms with Gasteiger partial charge in [-0.15, -0.1) is 0 Å². The first-order valence-corrected chi connectivity index (χ1v) is 10.5. The summed E-state index contributed by atoms with van der Waals surface area (Å²) < 4.78 is 19.2. The molecule has 5 rings (SSSR count). The maximum absolute atomic E-state index is 12.9. The number of carbonyl (C=O) groups excluding carboxylic acids is 1. The zero-order valence-electron chi connectivity index (χ0n) is 14.2. The van der Waals surface area contributed by atoms with Crippen LogP contribution in [-0.2, 0) is 25.1 Å². The third-order valence-electron chi connectivity index (χ3n) is 4.92. The van der Waals surface area contributed by atoms with Crippen molar-refractivity contribution in [1.82, 2.24) is 19.1 Å². The monoisotopic (exact) mass is 475 g/mol. The van der Waals surface area contributed by atoms with Crippen LogP contribution in [0.2, 0.25) is 0 Å². The Bertz CT molecular complexity index is 1030. The summed E-state index contributed by atoms with van der Waals surface area (Å²) in [5.41, 5.74) is -0.163. The maximum Gasteiger partial charge on any atom is 0.330 e. The van der Waals surface area contributed by atoms with Crippen LogP contribution in [0.25, 0.3) is 11.2 Å². The Morgan fingerprint density at radius 2 is 2.14 bits per heavy atom. The Morgan fingerprint density at radius 3 is 2.96 bits per heavy atom. The highest BCUT2D eigenvalue weighted by Crippen LogP contribution is 2.47. The van der Waals surface area contributed by atoms with Crippen LogP contribution in [-0.4, -0.2) is 59.9 Å². The minimum Gasteiger partial charge on any atom is -0.386 e. The van der Waals surface area contributed by atoms with Crippen LogP contribution in [0.15, 0.2) is 9.53 Å². The Kier molecular flexibility index (Phi) is 4.51. The van der Waals surface area contributed by atoms with E-state index in [9.17, 15) is 19.6 Å².